The molecule has 14 heavy (non-hydrogen) atoms. The van der Waals surface area contributed by atoms with E-state index >= 15 is 0 Å². The summed E-state index contributed by atoms with van der Waals surface area (Å²) in [5, 5.41) is 0. The van der Waals surface area contributed by atoms with Crippen LogP contribution in [0.4, 0.5) is 0 Å². The van der Waals surface area contributed by atoms with Gasteiger partial charge >= 0.3 is 0 Å². The molecule has 2 fully saturated rings. The van der Waals surface area contributed by atoms with E-state index in [4.69, 9.17) is 0 Å². The summed E-state index contributed by atoms with van der Waals surface area (Å²) in [6.45, 7) is 4.87. The van der Waals surface area contributed by atoms with Crippen molar-refractivity contribution in [2.24, 2.45) is 17.3 Å². The van der Waals surface area contributed by atoms with E-state index in [9.17, 15) is 0 Å². The second-order valence-electron chi connectivity index (χ2n) is 5.82. The lowest BCUT2D eigenvalue weighted by Crippen LogP contribution is -2.25. The molecule has 0 aromatic heterocycles. The molecule has 0 aromatic rings. The minimum Gasteiger partial charge on any atom is -0.0704 e. The third-order valence-electron chi connectivity index (χ3n) is 5.62. The number of hydrogen-bond donors (Lipinski definition) is 0. The monoisotopic (exact) mass is 190 g/mol. The first kappa shape index (κ1) is 9.00. The molecule has 0 nitrogen and oxygen atoms in total. The summed E-state index contributed by atoms with van der Waals surface area (Å²) in [5.74, 6) is 2.05. The summed E-state index contributed by atoms with van der Waals surface area (Å²) in [4.78, 5) is 0. The van der Waals surface area contributed by atoms with Crippen molar-refractivity contribution in [3.05, 3.63) is 11.1 Å². The lowest BCUT2D eigenvalue weighted by Gasteiger charge is -2.33. The molecule has 0 amide bonds. The Morgan fingerprint density at radius 3 is 2.43 bits per heavy atom. The number of hydrogen-bond acceptors (Lipinski definition) is 0. The van der Waals surface area contributed by atoms with Gasteiger partial charge in [0.25, 0.3) is 0 Å². The van der Waals surface area contributed by atoms with Crippen molar-refractivity contribution in [3.63, 3.8) is 0 Å². The Balaban J connectivity index is 2.04. The molecule has 3 rings (SSSR count). The number of rotatable bonds is 0. The van der Waals surface area contributed by atoms with Gasteiger partial charge in [-0.25, -0.2) is 0 Å². The fraction of sp³-hybridized carbons (Fsp3) is 0.857. The molecular formula is C14H22. The first-order valence-electron chi connectivity index (χ1n) is 6.43. The van der Waals surface area contributed by atoms with Gasteiger partial charge in [0.15, 0.2) is 0 Å². The van der Waals surface area contributed by atoms with Gasteiger partial charge in [-0.3, -0.25) is 0 Å². The molecule has 3 aliphatic carbocycles. The van der Waals surface area contributed by atoms with Crippen LogP contribution in [0.15, 0.2) is 11.1 Å². The van der Waals surface area contributed by atoms with Gasteiger partial charge < -0.3 is 0 Å². The molecule has 0 aromatic carbocycles. The second-order valence-corrected chi connectivity index (χ2v) is 5.82. The SMILES string of the molecule is CC1=C(C)C2(CCCC2)[C@H]2CCC[C@@H]12. The molecule has 0 saturated heterocycles. The Morgan fingerprint density at radius 1 is 1.00 bits per heavy atom. The maximum absolute atomic E-state index is 2.44. The smallest absolute Gasteiger partial charge is 0.00542 e. The van der Waals surface area contributed by atoms with Crippen LogP contribution >= 0.6 is 0 Å². The zero-order chi connectivity index (χ0) is 9.76. The highest BCUT2D eigenvalue weighted by molar-refractivity contribution is 5.32. The standard InChI is InChI=1S/C14H22/c1-10-11(2)14(8-3-4-9-14)13-7-5-6-12(10)13/h12-13H,3-9H2,1-2H3/t12-,13-/m0/s1. The Bertz CT molecular complexity index is 278. The Labute approximate surface area is 87.8 Å². The summed E-state index contributed by atoms with van der Waals surface area (Å²) in [7, 11) is 0. The van der Waals surface area contributed by atoms with E-state index in [1.165, 1.54) is 44.9 Å². The second kappa shape index (κ2) is 2.87. The zero-order valence-electron chi connectivity index (χ0n) is 9.60. The minimum absolute atomic E-state index is 0.700. The van der Waals surface area contributed by atoms with Crippen molar-refractivity contribution in [1.29, 1.82) is 0 Å². The summed E-state index contributed by atoms with van der Waals surface area (Å²) < 4.78 is 0. The molecule has 1 spiro atoms. The van der Waals surface area contributed by atoms with Crippen LogP contribution in [0.5, 0.6) is 0 Å². The van der Waals surface area contributed by atoms with E-state index in [0.29, 0.717) is 5.41 Å². The number of fused-ring (bicyclic) bond motifs is 2. The molecule has 0 N–H and O–H groups in total. The molecule has 0 heteroatoms. The molecule has 78 valence electrons. The molecular weight excluding hydrogens is 168 g/mol. The predicted octanol–water partition coefficient (Wildman–Crippen LogP) is 4.31. The normalized spacial score (nSPS) is 39.9. The lowest BCUT2D eigenvalue weighted by molar-refractivity contribution is 0.216. The average molecular weight is 190 g/mol. The lowest BCUT2D eigenvalue weighted by atomic mass is 9.71. The van der Waals surface area contributed by atoms with Crippen molar-refractivity contribution in [1.82, 2.24) is 0 Å². The molecule has 2 atom stereocenters. The van der Waals surface area contributed by atoms with E-state index < -0.39 is 0 Å². The van der Waals surface area contributed by atoms with Crippen LogP contribution in [0.3, 0.4) is 0 Å². The van der Waals surface area contributed by atoms with Gasteiger partial charge in [-0.05, 0) is 56.8 Å². The molecule has 0 unspecified atom stereocenters. The highest BCUT2D eigenvalue weighted by Crippen LogP contribution is 2.63. The largest absolute Gasteiger partial charge is 0.0704 e. The molecule has 0 aliphatic heterocycles. The molecule has 0 heterocycles. The minimum atomic E-state index is 0.700. The first-order valence-corrected chi connectivity index (χ1v) is 6.43. The van der Waals surface area contributed by atoms with Gasteiger partial charge in [0.2, 0.25) is 0 Å². The van der Waals surface area contributed by atoms with Gasteiger partial charge in [0, 0.05) is 0 Å². The van der Waals surface area contributed by atoms with Crippen molar-refractivity contribution in [2.45, 2.75) is 58.8 Å². The summed E-state index contributed by atoms with van der Waals surface area (Å²) in [6, 6.07) is 0. The van der Waals surface area contributed by atoms with Crippen molar-refractivity contribution < 1.29 is 0 Å². The summed E-state index contributed by atoms with van der Waals surface area (Å²) in [6.07, 6.45) is 10.5. The third-order valence-corrected chi connectivity index (χ3v) is 5.62. The Kier molecular flexibility index (Phi) is 1.84. The van der Waals surface area contributed by atoms with Gasteiger partial charge in [0.05, 0.1) is 0 Å². The maximum Gasteiger partial charge on any atom is -0.00542 e. The summed E-state index contributed by atoms with van der Waals surface area (Å²) >= 11 is 0. The number of allylic oxidation sites excluding steroid dienone is 2. The first-order chi connectivity index (χ1) is 6.76. The molecule has 0 bridgehead atoms. The molecule has 3 aliphatic rings. The van der Waals surface area contributed by atoms with Crippen LogP contribution in [0.1, 0.15) is 58.8 Å². The third kappa shape index (κ3) is 0.902. The van der Waals surface area contributed by atoms with Crippen molar-refractivity contribution in [3.8, 4) is 0 Å². The Morgan fingerprint density at radius 2 is 1.71 bits per heavy atom. The van der Waals surface area contributed by atoms with E-state index in [2.05, 4.69) is 13.8 Å². The van der Waals surface area contributed by atoms with E-state index in [1.54, 1.807) is 5.57 Å². The Hall–Kier alpha value is -0.260. The van der Waals surface area contributed by atoms with Gasteiger partial charge in [0.1, 0.15) is 0 Å². The topological polar surface area (TPSA) is 0 Å². The fourth-order valence-electron chi connectivity index (χ4n) is 4.84. The average Bonchev–Trinajstić information content (AvgIpc) is 2.86. The van der Waals surface area contributed by atoms with E-state index in [-0.39, 0.29) is 0 Å². The van der Waals surface area contributed by atoms with Crippen LogP contribution in [0, 0.1) is 17.3 Å². The van der Waals surface area contributed by atoms with E-state index in [0.717, 1.165) is 11.8 Å². The van der Waals surface area contributed by atoms with Gasteiger partial charge in [-0.15, -0.1) is 0 Å². The highest BCUT2D eigenvalue weighted by atomic mass is 14.6. The summed E-state index contributed by atoms with van der Waals surface area (Å²) in [5.41, 5.74) is 4.30. The fourth-order valence-corrected chi connectivity index (χ4v) is 4.84. The van der Waals surface area contributed by atoms with Crippen LogP contribution in [0.2, 0.25) is 0 Å². The molecule has 2 saturated carbocycles. The highest BCUT2D eigenvalue weighted by Gasteiger charge is 2.52. The van der Waals surface area contributed by atoms with Gasteiger partial charge in [-0.1, -0.05) is 30.4 Å². The van der Waals surface area contributed by atoms with Crippen molar-refractivity contribution >= 4 is 0 Å². The van der Waals surface area contributed by atoms with Crippen LogP contribution in [-0.4, -0.2) is 0 Å². The zero-order valence-corrected chi connectivity index (χ0v) is 9.60. The maximum atomic E-state index is 2.44. The van der Waals surface area contributed by atoms with Crippen LogP contribution in [0.25, 0.3) is 0 Å². The van der Waals surface area contributed by atoms with Crippen molar-refractivity contribution in [2.75, 3.05) is 0 Å². The van der Waals surface area contributed by atoms with Gasteiger partial charge in [-0.2, -0.15) is 0 Å². The van der Waals surface area contributed by atoms with E-state index in [1.807, 2.05) is 5.57 Å². The quantitative estimate of drug-likeness (QED) is 0.499. The predicted molar refractivity (Wildman–Crippen MR) is 60.1 cm³/mol. The molecule has 0 radical (unpaired) electrons. The van der Waals surface area contributed by atoms with Crippen LogP contribution < -0.4 is 0 Å². The van der Waals surface area contributed by atoms with Crippen LogP contribution in [-0.2, 0) is 0 Å².